The zero-order chi connectivity index (χ0) is 10.8. The smallest absolute Gasteiger partial charge is 0.0465 e. The normalized spacial score (nSPS) is 17.8. The Labute approximate surface area is 104 Å². The Kier molecular flexibility index (Phi) is 3.70. The minimum atomic E-state index is 0.401. The van der Waals surface area contributed by atoms with Crippen molar-refractivity contribution in [2.45, 2.75) is 25.3 Å². The van der Waals surface area contributed by atoms with E-state index < -0.39 is 0 Å². The quantitative estimate of drug-likeness (QED) is 0.877. The molecule has 3 heteroatoms. The van der Waals surface area contributed by atoms with Crippen molar-refractivity contribution in [1.82, 2.24) is 5.32 Å². The molecule has 1 nitrogen and oxygen atoms in total. The first-order chi connectivity index (χ1) is 7.20. The molecule has 1 saturated carbocycles. The molecule has 1 aliphatic rings. The average Bonchev–Trinajstić information content (AvgIpc) is 2.99. The van der Waals surface area contributed by atoms with Gasteiger partial charge in [-0.2, -0.15) is 0 Å². The largest absolute Gasteiger partial charge is 0.313 e. The fraction of sp³-hybridized carbons (Fsp3) is 0.500. The fourth-order valence-corrected chi connectivity index (χ4v) is 2.68. The molecule has 1 unspecified atom stereocenters. The summed E-state index contributed by atoms with van der Waals surface area (Å²) in [6, 6.07) is 6.53. The van der Waals surface area contributed by atoms with Gasteiger partial charge in [0.05, 0.1) is 0 Å². The van der Waals surface area contributed by atoms with Gasteiger partial charge in [-0.3, -0.25) is 0 Å². The first-order valence-corrected chi connectivity index (χ1v) is 6.50. The summed E-state index contributed by atoms with van der Waals surface area (Å²) < 4.78 is 1.04. The number of halogens is 2. The van der Waals surface area contributed by atoms with E-state index in [-0.39, 0.29) is 0 Å². The van der Waals surface area contributed by atoms with Crippen LogP contribution < -0.4 is 5.32 Å². The molecule has 1 aliphatic carbocycles. The molecule has 1 aromatic rings. The SMILES string of the molecule is CNC(CC1CC1)c1ccc(Br)cc1Cl. The van der Waals surface area contributed by atoms with Crippen molar-refractivity contribution in [3.63, 3.8) is 0 Å². The van der Waals surface area contributed by atoms with E-state index in [2.05, 4.69) is 33.4 Å². The lowest BCUT2D eigenvalue weighted by Gasteiger charge is -2.17. The topological polar surface area (TPSA) is 12.0 Å². The van der Waals surface area contributed by atoms with Gasteiger partial charge in [0.2, 0.25) is 0 Å². The van der Waals surface area contributed by atoms with Crippen LogP contribution >= 0.6 is 27.5 Å². The molecule has 82 valence electrons. The van der Waals surface area contributed by atoms with Gasteiger partial charge in [0.15, 0.2) is 0 Å². The van der Waals surface area contributed by atoms with E-state index >= 15 is 0 Å². The highest BCUT2D eigenvalue weighted by Gasteiger charge is 2.26. The number of hydrogen-bond donors (Lipinski definition) is 1. The first kappa shape index (κ1) is 11.4. The van der Waals surface area contributed by atoms with Crippen LogP contribution in [0.15, 0.2) is 22.7 Å². The van der Waals surface area contributed by atoms with E-state index in [0.29, 0.717) is 6.04 Å². The predicted octanol–water partition coefficient (Wildman–Crippen LogP) is 4.16. The molecular weight excluding hydrogens is 273 g/mol. The van der Waals surface area contributed by atoms with Gasteiger partial charge in [-0.05, 0) is 37.1 Å². The van der Waals surface area contributed by atoms with Gasteiger partial charge in [0, 0.05) is 15.5 Å². The lowest BCUT2D eigenvalue weighted by Crippen LogP contribution is -2.17. The molecule has 1 N–H and O–H groups in total. The summed E-state index contributed by atoms with van der Waals surface area (Å²) in [6.07, 6.45) is 3.97. The minimum Gasteiger partial charge on any atom is -0.313 e. The molecule has 0 amide bonds. The molecule has 1 aromatic carbocycles. The lowest BCUT2D eigenvalue weighted by molar-refractivity contribution is 0.514. The molecule has 0 aliphatic heterocycles. The Morgan fingerprint density at radius 1 is 1.53 bits per heavy atom. The minimum absolute atomic E-state index is 0.401. The zero-order valence-corrected chi connectivity index (χ0v) is 11.1. The van der Waals surface area contributed by atoms with Crippen LogP contribution in [0.4, 0.5) is 0 Å². The second-order valence-corrected chi connectivity index (χ2v) is 5.51. The van der Waals surface area contributed by atoms with Crippen LogP contribution in [0.1, 0.15) is 30.9 Å². The highest BCUT2D eigenvalue weighted by molar-refractivity contribution is 9.10. The van der Waals surface area contributed by atoms with Crippen LogP contribution in [0, 0.1) is 5.92 Å². The van der Waals surface area contributed by atoms with Gasteiger partial charge in [0.25, 0.3) is 0 Å². The summed E-state index contributed by atoms with van der Waals surface area (Å²) in [5.74, 6) is 0.905. The molecule has 0 saturated heterocycles. The summed E-state index contributed by atoms with van der Waals surface area (Å²) in [4.78, 5) is 0. The molecule has 0 spiro atoms. The number of rotatable bonds is 4. The van der Waals surface area contributed by atoms with E-state index in [1.54, 1.807) is 0 Å². The van der Waals surface area contributed by atoms with E-state index in [1.165, 1.54) is 24.8 Å². The average molecular weight is 289 g/mol. The molecule has 1 fully saturated rings. The lowest BCUT2D eigenvalue weighted by atomic mass is 10.0. The van der Waals surface area contributed by atoms with Gasteiger partial charge in [-0.25, -0.2) is 0 Å². The molecular formula is C12H15BrClN. The van der Waals surface area contributed by atoms with Gasteiger partial charge >= 0.3 is 0 Å². The summed E-state index contributed by atoms with van der Waals surface area (Å²) in [5, 5.41) is 4.20. The maximum Gasteiger partial charge on any atom is 0.0465 e. The second kappa shape index (κ2) is 4.86. The number of benzene rings is 1. The van der Waals surface area contributed by atoms with Crippen molar-refractivity contribution in [1.29, 1.82) is 0 Å². The molecule has 2 rings (SSSR count). The molecule has 0 bridgehead atoms. The first-order valence-electron chi connectivity index (χ1n) is 5.33. The van der Waals surface area contributed by atoms with Crippen molar-refractivity contribution in [3.8, 4) is 0 Å². The fourth-order valence-electron chi connectivity index (χ4n) is 1.87. The Morgan fingerprint density at radius 2 is 2.27 bits per heavy atom. The van der Waals surface area contributed by atoms with Crippen molar-refractivity contribution < 1.29 is 0 Å². The van der Waals surface area contributed by atoms with E-state index in [9.17, 15) is 0 Å². The van der Waals surface area contributed by atoms with Gasteiger partial charge in [-0.15, -0.1) is 0 Å². The number of hydrogen-bond acceptors (Lipinski definition) is 1. The van der Waals surface area contributed by atoms with E-state index in [0.717, 1.165) is 15.4 Å². The Balaban J connectivity index is 2.16. The third-order valence-corrected chi connectivity index (χ3v) is 3.77. The Bertz CT molecular complexity index is 349. The monoisotopic (exact) mass is 287 g/mol. The van der Waals surface area contributed by atoms with Crippen molar-refractivity contribution >= 4 is 27.5 Å². The third-order valence-electron chi connectivity index (χ3n) is 2.95. The van der Waals surface area contributed by atoms with Crippen molar-refractivity contribution in [3.05, 3.63) is 33.3 Å². The van der Waals surface area contributed by atoms with Crippen LogP contribution in [0.2, 0.25) is 5.02 Å². The molecule has 0 aromatic heterocycles. The van der Waals surface area contributed by atoms with Gasteiger partial charge in [0.1, 0.15) is 0 Å². The van der Waals surface area contributed by atoms with Crippen molar-refractivity contribution in [2.24, 2.45) is 5.92 Å². The summed E-state index contributed by atoms with van der Waals surface area (Å²) in [6.45, 7) is 0. The number of nitrogens with one attached hydrogen (secondary N) is 1. The summed E-state index contributed by atoms with van der Waals surface area (Å²) in [7, 11) is 2.01. The van der Waals surface area contributed by atoms with Crippen molar-refractivity contribution in [2.75, 3.05) is 7.05 Å². The Morgan fingerprint density at radius 3 is 2.80 bits per heavy atom. The van der Waals surface area contributed by atoms with Crippen LogP contribution in [0.5, 0.6) is 0 Å². The van der Waals surface area contributed by atoms with E-state index in [4.69, 9.17) is 11.6 Å². The van der Waals surface area contributed by atoms with Crippen LogP contribution in [-0.4, -0.2) is 7.05 Å². The van der Waals surface area contributed by atoms with Crippen LogP contribution in [-0.2, 0) is 0 Å². The predicted molar refractivity (Wildman–Crippen MR) is 68.3 cm³/mol. The Hall–Kier alpha value is -0.0500. The van der Waals surface area contributed by atoms with Crippen LogP contribution in [0.3, 0.4) is 0 Å². The maximum atomic E-state index is 6.24. The van der Waals surface area contributed by atoms with Gasteiger partial charge in [-0.1, -0.05) is 46.4 Å². The summed E-state index contributed by atoms with van der Waals surface area (Å²) in [5.41, 5.74) is 1.22. The highest BCUT2D eigenvalue weighted by Crippen LogP contribution is 2.39. The zero-order valence-electron chi connectivity index (χ0n) is 8.76. The van der Waals surface area contributed by atoms with E-state index in [1.807, 2.05) is 13.1 Å². The molecule has 0 radical (unpaired) electrons. The van der Waals surface area contributed by atoms with Gasteiger partial charge < -0.3 is 5.32 Å². The third kappa shape index (κ3) is 2.96. The standard InChI is InChI=1S/C12H15BrClN/c1-15-12(6-8-2-3-8)10-5-4-9(13)7-11(10)14/h4-5,7-8,12,15H,2-3,6H2,1H3. The molecule has 1 atom stereocenters. The molecule has 15 heavy (non-hydrogen) atoms. The highest BCUT2D eigenvalue weighted by atomic mass is 79.9. The molecule has 0 heterocycles. The maximum absolute atomic E-state index is 6.24. The second-order valence-electron chi connectivity index (χ2n) is 4.19. The van der Waals surface area contributed by atoms with Crippen LogP contribution in [0.25, 0.3) is 0 Å². The summed E-state index contributed by atoms with van der Waals surface area (Å²) >= 11 is 9.66.